The van der Waals surface area contributed by atoms with Crippen LogP contribution >= 0.6 is 0 Å². The van der Waals surface area contributed by atoms with Crippen molar-refractivity contribution < 1.29 is 9.59 Å². The molecule has 0 aromatic carbocycles. The highest BCUT2D eigenvalue weighted by Crippen LogP contribution is 2.27. The molecule has 1 aromatic rings. The molecule has 0 bridgehead atoms. The van der Waals surface area contributed by atoms with Crippen molar-refractivity contribution >= 4 is 11.8 Å². The van der Waals surface area contributed by atoms with Crippen LogP contribution in [0, 0.1) is 5.92 Å². The monoisotopic (exact) mass is 329 g/mol. The number of likely N-dealkylation sites (tertiary alicyclic amines) is 1. The molecule has 1 aromatic heterocycles. The average molecular weight is 329 g/mol. The van der Waals surface area contributed by atoms with E-state index < -0.39 is 0 Å². The second-order valence-corrected chi connectivity index (χ2v) is 7.01. The molecule has 1 saturated heterocycles. The summed E-state index contributed by atoms with van der Waals surface area (Å²) in [6, 6.07) is 4.17. The van der Waals surface area contributed by atoms with Gasteiger partial charge in [-0.15, -0.1) is 0 Å². The topological polar surface area (TPSA) is 62.3 Å². The van der Waals surface area contributed by atoms with Crippen molar-refractivity contribution in [1.29, 1.82) is 0 Å². The van der Waals surface area contributed by atoms with Gasteiger partial charge in [-0.25, -0.2) is 0 Å². The first kappa shape index (κ1) is 16.9. The van der Waals surface area contributed by atoms with Crippen molar-refractivity contribution in [2.24, 2.45) is 5.92 Å². The first-order valence-corrected chi connectivity index (χ1v) is 9.20. The molecule has 2 amide bonds. The van der Waals surface area contributed by atoms with Gasteiger partial charge in [-0.3, -0.25) is 14.6 Å². The van der Waals surface area contributed by atoms with Crippen molar-refractivity contribution in [2.45, 2.75) is 64.0 Å². The first-order valence-electron chi connectivity index (χ1n) is 9.20. The van der Waals surface area contributed by atoms with Crippen molar-refractivity contribution in [3.05, 3.63) is 30.1 Å². The van der Waals surface area contributed by atoms with Gasteiger partial charge in [0, 0.05) is 37.9 Å². The molecule has 1 aliphatic carbocycles. The van der Waals surface area contributed by atoms with E-state index in [9.17, 15) is 9.59 Å². The number of pyridine rings is 1. The normalized spacial score (nSPS) is 22.9. The molecule has 130 valence electrons. The standard InChI is InChI=1S/C19H27N3O2/c23-18-10-9-16(14-22(18)17-7-3-1-2-4-8-17)19(24)21-13-15-6-5-11-20-12-15/h5-6,11-12,16-17H,1-4,7-10,13-14H2,(H,21,24). The van der Waals surface area contributed by atoms with Gasteiger partial charge in [0.25, 0.3) is 0 Å². The first-order chi connectivity index (χ1) is 11.7. The van der Waals surface area contributed by atoms with Crippen LogP contribution in [-0.2, 0) is 16.1 Å². The highest BCUT2D eigenvalue weighted by Gasteiger charge is 2.34. The van der Waals surface area contributed by atoms with Crippen LogP contribution in [0.25, 0.3) is 0 Å². The number of rotatable bonds is 4. The summed E-state index contributed by atoms with van der Waals surface area (Å²) in [4.78, 5) is 30.9. The molecule has 2 fully saturated rings. The summed E-state index contributed by atoms with van der Waals surface area (Å²) in [6.45, 7) is 1.09. The zero-order valence-electron chi connectivity index (χ0n) is 14.2. The van der Waals surface area contributed by atoms with Crippen molar-refractivity contribution in [2.75, 3.05) is 6.54 Å². The summed E-state index contributed by atoms with van der Waals surface area (Å²) in [6.07, 6.45) is 11.8. The Labute approximate surface area is 143 Å². The van der Waals surface area contributed by atoms with E-state index in [0.29, 0.717) is 32.0 Å². The van der Waals surface area contributed by atoms with Crippen LogP contribution in [0.15, 0.2) is 24.5 Å². The van der Waals surface area contributed by atoms with Gasteiger partial charge in [-0.1, -0.05) is 31.7 Å². The molecule has 2 aliphatic rings. The zero-order chi connectivity index (χ0) is 16.8. The quantitative estimate of drug-likeness (QED) is 0.864. The number of carbonyl (C=O) groups excluding carboxylic acids is 2. The lowest BCUT2D eigenvalue weighted by Crippen LogP contribution is -2.49. The minimum absolute atomic E-state index is 0.0602. The largest absolute Gasteiger partial charge is 0.352 e. The Morgan fingerprint density at radius 1 is 1.21 bits per heavy atom. The number of aromatic nitrogens is 1. The average Bonchev–Trinajstić information content (AvgIpc) is 2.90. The van der Waals surface area contributed by atoms with Crippen molar-refractivity contribution in [1.82, 2.24) is 15.2 Å². The Morgan fingerprint density at radius 2 is 2.00 bits per heavy atom. The Kier molecular flexibility index (Phi) is 5.83. The molecular weight excluding hydrogens is 302 g/mol. The fraction of sp³-hybridized carbons (Fsp3) is 0.632. The molecule has 1 atom stereocenters. The van der Waals surface area contributed by atoms with Crippen LogP contribution in [0.5, 0.6) is 0 Å². The molecule has 0 radical (unpaired) electrons. The van der Waals surface area contributed by atoms with E-state index in [1.165, 1.54) is 25.7 Å². The van der Waals surface area contributed by atoms with Gasteiger partial charge in [0.15, 0.2) is 0 Å². The van der Waals surface area contributed by atoms with Gasteiger partial charge in [-0.2, -0.15) is 0 Å². The second-order valence-electron chi connectivity index (χ2n) is 7.01. The number of amides is 2. The highest BCUT2D eigenvalue weighted by molar-refractivity contribution is 5.84. The fourth-order valence-electron chi connectivity index (χ4n) is 3.84. The molecule has 24 heavy (non-hydrogen) atoms. The number of hydrogen-bond donors (Lipinski definition) is 1. The van der Waals surface area contributed by atoms with E-state index in [4.69, 9.17) is 0 Å². The van der Waals surface area contributed by atoms with E-state index in [-0.39, 0.29) is 17.7 Å². The summed E-state index contributed by atoms with van der Waals surface area (Å²) in [5, 5.41) is 3.00. The lowest BCUT2D eigenvalue weighted by Gasteiger charge is -2.37. The highest BCUT2D eigenvalue weighted by atomic mass is 16.2. The summed E-state index contributed by atoms with van der Waals surface area (Å²) in [5.41, 5.74) is 0.998. The van der Waals surface area contributed by atoms with Crippen LogP contribution in [0.2, 0.25) is 0 Å². The van der Waals surface area contributed by atoms with Gasteiger partial charge in [0.2, 0.25) is 11.8 Å². The lowest BCUT2D eigenvalue weighted by molar-refractivity contribution is -0.141. The molecular formula is C19H27N3O2. The number of piperidine rings is 1. The van der Waals surface area contributed by atoms with Crippen molar-refractivity contribution in [3.63, 3.8) is 0 Å². The van der Waals surface area contributed by atoms with Crippen LogP contribution in [-0.4, -0.2) is 34.3 Å². The molecule has 2 heterocycles. The summed E-state index contributed by atoms with van der Waals surface area (Å²) in [7, 11) is 0. The maximum Gasteiger partial charge on any atom is 0.225 e. The Bertz CT molecular complexity index is 553. The third-order valence-electron chi connectivity index (χ3n) is 5.27. The zero-order valence-corrected chi connectivity index (χ0v) is 14.2. The van der Waals surface area contributed by atoms with Crippen molar-refractivity contribution in [3.8, 4) is 0 Å². The lowest BCUT2D eigenvalue weighted by atomic mass is 9.93. The minimum Gasteiger partial charge on any atom is -0.352 e. The van der Waals surface area contributed by atoms with E-state index in [2.05, 4.69) is 10.3 Å². The third kappa shape index (κ3) is 4.34. The fourth-order valence-corrected chi connectivity index (χ4v) is 3.84. The molecule has 1 saturated carbocycles. The van der Waals surface area contributed by atoms with Gasteiger partial charge in [0.05, 0.1) is 5.92 Å². The van der Waals surface area contributed by atoms with E-state index in [0.717, 1.165) is 18.4 Å². The van der Waals surface area contributed by atoms with Crippen LogP contribution < -0.4 is 5.32 Å². The number of nitrogens with zero attached hydrogens (tertiary/aromatic N) is 2. The molecule has 1 aliphatic heterocycles. The van der Waals surface area contributed by atoms with Crippen LogP contribution in [0.1, 0.15) is 56.9 Å². The number of hydrogen-bond acceptors (Lipinski definition) is 3. The Hall–Kier alpha value is -1.91. The molecule has 0 spiro atoms. The second kappa shape index (κ2) is 8.27. The van der Waals surface area contributed by atoms with Crippen LogP contribution in [0.4, 0.5) is 0 Å². The van der Waals surface area contributed by atoms with Gasteiger partial charge >= 0.3 is 0 Å². The van der Waals surface area contributed by atoms with Gasteiger partial charge < -0.3 is 10.2 Å². The summed E-state index contributed by atoms with van der Waals surface area (Å²) >= 11 is 0. The Balaban J connectivity index is 1.55. The molecule has 1 N–H and O–H groups in total. The third-order valence-corrected chi connectivity index (χ3v) is 5.27. The minimum atomic E-state index is -0.0809. The van der Waals surface area contributed by atoms with E-state index >= 15 is 0 Å². The maximum atomic E-state index is 12.5. The van der Waals surface area contributed by atoms with Gasteiger partial charge in [-0.05, 0) is 30.9 Å². The van der Waals surface area contributed by atoms with E-state index in [1.54, 1.807) is 12.4 Å². The smallest absolute Gasteiger partial charge is 0.225 e. The molecule has 5 heteroatoms. The summed E-state index contributed by atoms with van der Waals surface area (Å²) in [5.74, 6) is 0.214. The molecule has 1 unspecified atom stereocenters. The van der Waals surface area contributed by atoms with Crippen LogP contribution in [0.3, 0.4) is 0 Å². The van der Waals surface area contributed by atoms with E-state index in [1.807, 2.05) is 17.0 Å². The number of nitrogens with one attached hydrogen (secondary N) is 1. The Morgan fingerprint density at radius 3 is 2.71 bits per heavy atom. The van der Waals surface area contributed by atoms with Gasteiger partial charge in [0.1, 0.15) is 0 Å². The maximum absolute atomic E-state index is 12.5. The molecule has 3 rings (SSSR count). The molecule has 5 nitrogen and oxygen atoms in total. The SMILES string of the molecule is O=C(NCc1cccnc1)C1CCC(=O)N(C2CCCCCC2)C1. The number of carbonyl (C=O) groups is 2. The predicted octanol–water partition coefficient (Wildman–Crippen LogP) is 2.66. The predicted molar refractivity (Wildman–Crippen MR) is 92.0 cm³/mol. The summed E-state index contributed by atoms with van der Waals surface area (Å²) < 4.78 is 0.